The van der Waals surface area contributed by atoms with Crippen LogP contribution in [0.25, 0.3) is 32.9 Å². The third-order valence-electron chi connectivity index (χ3n) is 5.31. The van der Waals surface area contributed by atoms with Gasteiger partial charge in [-0.3, -0.25) is 15.5 Å². The number of aromatic amines is 1. The van der Waals surface area contributed by atoms with Gasteiger partial charge >= 0.3 is 0 Å². The molecule has 6 nitrogen and oxygen atoms in total. The highest BCUT2D eigenvalue weighted by Crippen LogP contribution is 2.31. The van der Waals surface area contributed by atoms with Crippen molar-refractivity contribution in [2.75, 3.05) is 6.61 Å². The molecule has 0 spiro atoms. The molecule has 3 aromatic carbocycles. The topological polar surface area (TPSA) is 83.9 Å². The number of hydrogen-bond acceptors (Lipinski definition) is 5. The Labute approximate surface area is 197 Å². The maximum absolute atomic E-state index is 8.08. The second-order valence-electron chi connectivity index (χ2n) is 7.43. The molecule has 5 aromatic rings. The van der Waals surface area contributed by atoms with Gasteiger partial charge in [-0.2, -0.15) is 5.10 Å². The minimum absolute atomic E-state index is 0. The van der Waals surface area contributed by atoms with Gasteiger partial charge in [-0.15, -0.1) is 12.4 Å². The zero-order valence-electron chi connectivity index (χ0n) is 18.0. The Morgan fingerprint density at radius 2 is 1.82 bits per heavy atom. The molecule has 0 bridgehead atoms. The Kier molecular flexibility index (Phi) is 6.56. The van der Waals surface area contributed by atoms with Gasteiger partial charge in [0.25, 0.3) is 0 Å². The summed E-state index contributed by atoms with van der Waals surface area (Å²) < 4.78 is 11.3. The Hall–Kier alpha value is -3.90. The van der Waals surface area contributed by atoms with Crippen molar-refractivity contribution in [2.45, 2.75) is 13.5 Å². The van der Waals surface area contributed by atoms with Gasteiger partial charge in [0.1, 0.15) is 12.4 Å². The van der Waals surface area contributed by atoms with Crippen molar-refractivity contribution in [1.82, 2.24) is 15.2 Å². The van der Waals surface area contributed by atoms with Gasteiger partial charge in [0, 0.05) is 22.7 Å². The van der Waals surface area contributed by atoms with Gasteiger partial charge in [-0.1, -0.05) is 24.3 Å². The van der Waals surface area contributed by atoms with Crippen LogP contribution in [0.3, 0.4) is 0 Å². The van der Waals surface area contributed by atoms with Crippen molar-refractivity contribution in [3.05, 3.63) is 90.3 Å². The fourth-order valence-electron chi connectivity index (χ4n) is 3.70. The molecule has 0 fully saturated rings. The van der Waals surface area contributed by atoms with Crippen molar-refractivity contribution in [3.63, 3.8) is 0 Å². The highest BCUT2D eigenvalue weighted by Gasteiger charge is 2.12. The van der Waals surface area contributed by atoms with Crippen molar-refractivity contribution < 1.29 is 9.47 Å². The van der Waals surface area contributed by atoms with E-state index >= 15 is 0 Å². The highest BCUT2D eigenvalue weighted by atomic mass is 35.5. The molecule has 2 aromatic heterocycles. The van der Waals surface area contributed by atoms with E-state index in [1.807, 2.05) is 55.5 Å². The summed E-state index contributed by atoms with van der Waals surface area (Å²) in [5.74, 6) is 0.971. The average molecular weight is 459 g/mol. The molecule has 33 heavy (non-hydrogen) atoms. The number of fused-ring (bicyclic) bond motifs is 2. The van der Waals surface area contributed by atoms with E-state index in [0.717, 1.165) is 49.9 Å². The molecule has 2 heterocycles. The maximum atomic E-state index is 8.08. The summed E-state index contributed by atoms with van der Waals surface area (Å²) in [5, 5.41) is 18.8. The molecule has 0 aliphatic rings. The molecule has 0 saturated carbocycles. The molecule has 2 N–H and O–H groups in total. The first-order valence-corrected chi connectivity index (χ1v) is 10.5. The van der Waals surface area contributed by atoms with E-state index in [1.165, 1.54) is 0 Å². The third kappa shape index (κ3) is 4.66. The number of halogens is 1. The number of nitrogens with one attached hydrogen (secondary N) is 2. The van der Waals surface area contributed by atoms with E-state index in [0.29, 0.717) is 13.2 Å². The average Bonchev–Trinajstić information content (AvgIpc) is 3.26. The first-order chi connectivity index (χ1) is 15.7. The number of nitrogens with zero attached hydrogens (tertiary/aromatic N) is 2. The van der Waals surface area contributed by atoms with Gasteiger partial charge in [0.15, 0.2) is 0 Å². The van der Waals surface area contributed by atoms with Gasteiger partial charge in [-0.25, -0.2) is 0 Å². The number of H-pyrrole nitrogens is 1. The van der Waals surface area contributed by atoms with Crippen LogP contribution in [0.15, 0.2) is 79.0 Å². The number of rotatable bonds is 6. The number of benzene rings is 3. The lowest BCUT2D eigenvalue weighted by Crippen LogP contribution is -2.04. The number of ether oxygens (including phenoxy) is 2. The molecule has 0 amide bonds. The predicted octanol–water partition coefficient (Wildman–Crippen LogP) is 6.14. The highest BCUT2D eigenvalue weighted by molar-refractivity contribution is 6.01. The van der Waals surface area contributed by atoms with Gasteiger partial charge in [0.2, 0.25) is 5.90 Å². The molecular formula is C26H23ClN4O2. The monoisotopic (exact) mass is 458 g/mol. The number of hydrogen-bond donors (Lipinski definition) is 2. The smallest absolute Gasteiger partial charge is 0.213 e. The maximum Gasteiger partial charge on any atom is 0.213 e. The van der Waals surface area contributed by atoms with E-state index in [1.54, 1.807) is 6.20 Å². The molecule has 0 unspecified atom stereocenters. The Morgan fingerprint density at radius 1 is 0.970 bits per heavy atom. The van der Waals surface area contributed by atoms with Crippen molar-refractivity contribution in [1.29, 1.82) is 5.41 Å². The van der Waals surface area contributed by atoms with E-state index in [9.17, 15) is 0 Å². The van der Waals surface area contributed by atoms with Crippen LogP contribution in [-0.2, 0) is 11.3 Å². The van der Waals surface area contributed by atoms with Crippen molar-refractivity contribution in [3.8, 4) is 17.0 Å². The van der Waals surface area contributed by atoms with Crippen molar-refractivity contribution >= 4 is 40.0 Å². The minimum atomic E-state index is 0. The Morgan fingerprint density at radius 3 is 2.64 bits per heavy atom. The fraction of sp³-hybridized carbons (Fsp3) is 0.115. The van der Waals surface area contributed by atoms with Gasteiger partial charge < -0.3 is 9.47 Å². The molecule has 0 aliphatic carbocycles. The number of aromatic nitrogens is 3. The van der Waals surface area contributed by atoms with Gasteiger partial charge in [0.05, 0.1) is 23.5 Å². The first-order valence-electron chi connectivity index (χ1n) is 10.5. The Bertz CT molecular complexity index is 1420. The lowest BCUT2D eigenvalue weighted by Gasteiger charge is -2.08. The molecule has 0 aliphatic heterocycles. The second kappa shape index (κ2) is 9.71. The molecule has 0 atom stereocenters. The predicted molar refractivity (Wildman–Crippen MR) is 133 cm³/mol. The van der Waals surface area contributed by atoms with E-state index in [-0.39, 0.29) is 18.3 Å². The summed E-state index contributed by atoms with van der Waals surface area (Å²) in [7, 11) is 0. The summed E-state index contributed by atoms with van der Waals surface area (Å²) in [4.78, 5) is 4.29. The molecule has 0 radical (unpaired) electrons. The van der Waals surface area contributed by atoms with Crippen LogP contribution in [-0.4, -0.2) is 27.7 Å². The van der Waals surface area contributed by atoms with E-state index < -0.39 is 0 Å². The van der Waals surface area contributed by atoms with E-state index in [2.05, 4.69) is 39.4 Å². The summed E-state index contributed by atoms with van der Waals surface area (Å²) in [6, 6.07) is 23.9. The standard InChI is InChI=1S/C26H22N4O2.ClH/c1-2-31-26(27)20-9-11-24-23(15-20)25(30-29-24)19-7-6-18-14-22(10-8-17(18)13-19)32-16-21-5-3-4-12-28-21;/h3-15,27H,2,16H2,1H3,(H,29,30);1H. The van der Waals surface area contributed by atoms with Crippen LogP contribution >= 0.6 is 12.4 Å². The summed E-state index contributed by atoms with van der Waals surface area (Å²) in [6.07, 6.45) is 1.77. The molecule has 166 valence electrons. The lowest BCUT2D eigenvalue weighted by molar-refractivity contribution is 0.302. The third-order valence-corrected chi connectivity index (χ3v) is 5.31. The zero-order chi connectivity index (χ0) is 21.9. The molecule has 0 saturated heterocycles. The molecule has 5 rings (SSSR count). The van der Waals surface area contributed by atoms with Crippen LogP contribution in [0, 0.1) is 5.41 Å². The molecular weight excluding hydrogens is 436 g/mol. The number of pyridine rings is 1. The largest absolute Gasteiger partial charge is 0.487 e. The summed E-state index contributed by atoms with van der Waals surface area (Å²) in [5.41, 5.74) is 4.41. The van der Waals surface area contributed by atoms with Crippen LogP contribution in [0.4, 0.5) is 0 Å². The van der Waals surface area contributed by atoms with E-state index in [4.69, 9.17) is 14.9 Å². The first kappa shape index (κ1) is 22.3. The quantitative estimate of drug-likeness (QED) is 0.236. The minimum Gasteiger partial charge on any atom is -0.487 e. The zero-order valence-corrected chi connectivity index (χ0v) is 18.9. The fourth-order valence-corrected chi connectivity index (χ4v) is 3.70. The second-order valence-corrected chi connectivity index (χ2v) is 7.43. The summed E-state index contributed by atoms with van der Waals surface area (Å²) >= 11 is 0. The lowest BCUT2D eigenvalue weighted by atomic mass is 10.0. The van der Waals surface area contributed by atoms with Crippen molar-refractivity contribution in [2.24, 2.45) is 0 Å². The van der Waals surface area contributed by atoms with Crippen LogP contribution < -0.4 is 4.74 Å². The SMILES string of the molecule is CCOC(=N)c1ccc2[nH]nc(-c3ccc4cc(OCc5ccccn5)ccc4c3)c2c1.Cl. The van der Waals surface area contributed by atoms with Crippen LogP contribution in [0.2, 0.25) is 0 Å². The van der Waals surface area contributed by atoms with Gasteiger partial charge in [-0.05, 0) is 66.2 Å². The normalized spacial score (nSPS) is 10.7. The molecule has 7 heteroatoms. The van der Waals surface area contributed by atoms with Crippen LogP contribution in [0.5, 0.6) is 5.75 Å². The summed E-state index contributed by atoms with van der Waals surface area (Å²) in [6.45, 7) is 2.77. The van der Waals surface area contributed by atoms with Crippen LogP contribution in [0.1, 0.15) is 18.2 Å². The Balaban J connectivity index is 0.00000259.